The summed E-state index contributed by atoms with van der Waals surface area (Å²) in [6.07, 6.45) is 0.275. The lowest BCUT2D eigenvalue weighted by atomic mass is 10.2. The Morgan fingerprint density at radius 2 is 2.45 bits per heavy atom. The lowest BCUT2D eigenvalue weighted by Gasteiger charge is -2.28. The summed E-state index contributed by atoms with van der Waals surface area (Å²) in [5.41, 5.74) is -1.10. The predicted octanol–water partition coefficient (Wildman–Crippen LogP) is 1.73. The van der Waals surface area contributed by atoms with Crippen LogP contribution in [0.1, 0.15) is 6.92 Å². The molecule has 1 aliphatic heterocycles. The molecule has 2 heterocycles. The highest BCUT2D eigenvalue weighted by molar-refractivity contribution is 7.13. The van der Waals surface area contributed by atoms with E-state index in [0.29, 0.717) is 12.4 Å². The SMILES string of the molecule is COC1CN(c2nsc3cc(O)ccc23)C(C)(C=O)O1. The smallest absolute Gasteiger partial charge is 0.199 e. The van der Waals surface area contributed by atoms with Gasteiger partial charge in [0.05, 0.1) is 11.2 Å². The van der Waals surface area contributed by atoms with Crippen LogP contribution in [0.3, 0.4) is 0 Å². The zero-order chi connectivity index (χ0) is 14.3. The third kappa shape index (κ3) is 1.94. The fourth-order valence-electron chi connectivity index (χ4n) is 2.32. The first kappa shape index (κ1) is 13.3. The van der Waals surface area contributed by atoms with E-state index in [1.165, 1.54) is 18.6 Å². The van der Waals surface area contributed by atoms with Gasteiger partial charge in [-0.2, -0.15) is 4.37 Å². The molecule has 1 aromatic heterocycles. The molecule has 106 valence electrons. The van der Waals surface area contributed by atoms with E-state index in [4.69, 9.17) is 9.47 Å². The number of phenols is 1. The zero-order valence-corrected chi connectivity index (χ0v) is 11.9. The number of anilines is 1. The molecule has 7 heteroatoms. The maximum absolute atomic E-state index is 11.4. The number of aromatic hydroxyl groups is 1. The molecule has 0 bridgehead atoms. The van der Waals surface area contributed by atoms with Gasteiger partial charge in [-0.3, -0.25) is 4.79 Å². The van der Waals surface area contributed by atoms with Gasteiger partial charge in [0.25, 0.3) is 0 Å². The minimum Gasteiger partial charge on any atom is -0.508 e. The summed E-state index contributed by atoms with van der Waals surface area (Å²) < 4.78 is 16.0. The molecule has 0 saturated carbocycles. The van der Waals surface area contributed by atoms with Crippen LogP contribution in [-0.4, -0.2) is 41.4 Å². The maximum Gasteiger partial charge on any atom is 0.199 e. The third-order valence-corrected chi connectivity index (χ3v) is 4.21. The maximum atomic E-state index is 11.4. The van der Waals surface area contributed by atoms with Gasteiger partial charge in [-0.15, -0.1) is 0 Å². The summed E-state index contributed by atoms with van der Waals surface area (Å²) in [4.78, 5) is 13.2. The molecule has 2 aromatic rings. The topological polar surface area (TPSA) is 71.9 Å². The Bertz CT molecular complexity index is 659. The van der Waals surface area contributed by atoms with E-state index in [-0.39, 0.29) is 5.75 Å². The molecule has 2 unspecified atom stereocenters. The summed E-state index contributed by atoms with van der Waals surface area (Å²) in [6.45, 7) is 2.11. The molecule has 2 atom stereocenters. The second-order valence-electron chi connectivity index (χ2n) is 4.75. The predicted molar refractivity (Wildman–Crippen MR) is 75.0 cm³/mol. The Hall–Kier alpha value is -1.70. The molecule has 0 amide bonds. The van der Waals surface area contributed by atoms with Gasteiger partial charge in [-0.1, -0.05) is 0 Å². The molecule has 1 aromatic carbocycles. The molecule has 0 spiro atoms. The Morgan fingerprint density at radius 1 is 1.65 bits per heavy atom. The number of benzene rings is 1. The Kier molecular flexibility index (Phi) is 3.12. The monoisotopic (exact) mass is 294 g/mol. The van der Waals surface area contributed by atoms with Crippen LogP contribution in [0.4, 0.5) is 5.82 Å². The van der Waals surface area contributed by atoms with E-state index in [0.717, 1.165) is 16.4 Å². The lowest BCUT2D eigenvalue weighted by molar-refractivity contribution is -0.155. The number of carbonyl (C=O) groups is 1. The van der Waals surface area contributed by atoms with Gasteiger partial charge in [-0.05, 0) is 36.7 Å². The molecule has 6 nitrogen and oxygen atoms in total. The fraction of sp³-hybridized carbons (Fsp3) is 0.385. The van der Waals surface area contributed by atoms with Crippen molar-refractivity contribution < 1.29 is 19.4 Å². The van der Waals surface area contributed by atoms with Crippen molar-refractivity contribution in [3.63, 3.8) is 0 Å². The molecule has 1 fully saturated rings. The van der Waals surface area contributed by atoms with E-state index in [2.05, 4.69) is 4.37 Å². The number of hydrogen-bond acceptors (Lipinski definition) is 7. The average Bonchev–Trinajstić information content (AvgIpc) is 2.99. The summed E-state index contributed by atoms with van der Waals surface area (Å²) in [5, 5.41) is 10.4. The molecule has 0 radical (unpaired) electrons. The van der Waals surface area contributed by atoms with E-state index >= 15 is 0 Å². The second-order valence-corrected chi connectivity index (χ2v) is 5.56. The number of fused-ring (bicyclic) bond motifs is 1. The minimum atomic E-state index is -1.10. The first-order valence-corrected chi connectivity index (χ1v) is 6.88. The summed E-state index contributed by atoms with van der Waals surface area (Å²) in [5.74, 6) is 0.859. The van der Waals surface area contributed by atoms with Crippen molar-refractivity contribution in [3.8, 4) is 5.75 Å². The van der Waals surface area contributed by atoms with Crippen molar-refractivity contribution in [2.24, 2.45) is 0 Å². The average molecular weight is 294 g/mol. The van der Waals surface area contributed by atoms with Crippen LogP contribution in [0.15, 0.2) is 18.2 Å². The van der Waals surface area contributed by atoms with Crippen molar-refractivity contribution in [2.75, 3.05) is 18.6 Å². The van der Waals surface area contributed by atoms with E-state index in [1.807, 2.05) is 0 Å². The number of aldehydes is 1. The van der Waals surface area contributed by atoms with Crippen LogP contribution in [0.5, 0.6) is 5.75 Å². The minimum absolute atomic E-state index is 0.193. The Morgan fingerprint density at radius 3 is 3.15 bits per heavy atom. The molecule has 1 N–H and O–H groups in total. The van der Waals surface area contributed by atoms with E-state index in [9.17, 15) is 9.90 Å². The van der Waals surface area contributed by atoms with Crippen LogP contribution in [-0.2, 0) is 14.3 Å². The van der Waals surface area contributed by atoms with Gasteiger partial charge in [0.2, 0.25) is 0 Å². The number of rotatable bonds is 3. The van der Waals surface area contributed by atoms with Gasteiger partial charge in [0.15, 0.2) is 24.1 Å². The number of aromatic nitrogens is 1. The molecular weight excluding hydrogens is 280 g/mol. The standard InChI is InChI=1S/C13H14N2O4S/c1-13(7-16)15(6-11(18-2)19-13)12-9-4-3-8(17)5-10(9)20-14-12/h3-5,7,11,17H,6H2,1-2H3. The second kappa shape index (κ2) is 4.69. The Balaban J connectivity index is 2.07. The summed E-state index contributed by atoms with van der Waals surface area (Å²) in [6, 6.07) is 5.04. The highest BCUT2D eigenvalue weighted by atomic mass is 32.1. The number of nitrogens with zero attached hydrogens (tertiary/aromatic N) is 2. The quantitative estimate of drug-likeness (QED) is 0.869. The van der Waals surface area contributed by atoms with Gasteiger partial charge in [0.1, 0.15) is 5.75 Å². The number of methoxy groups -OCH3 is 1. The highest BCUT2D eigenvalue weighted by Gasteiger charge is 2.45. The first-order chi connectivity index (χ1) is 9.57. The molecular formula is C13H14N2O4S. The van der Waals surface area contributed by atoms with Crippen molar-refractivity contribution in [1.29, 1.82) is 0 Å². The number of phenolic OH excluding ortho intramolecular Hbond substituents is 1. The molecule has 3 rings (SSSR count). The summed E-state index contributed by atoms with van der Waals surface area (Å²) >= 11 is 1.27. The molecule has 20 heavy (non-hydrogen) atoms. The molecule has 1 saturated heterocycles. The van der Waals surface area contributed by atoms with E-state index in [1.54, 1.807) is 30.0 Å². The van der Waals surface area contributed by atoms with Crippen LogP contribution < -0.4 is 4.90 Å². The third-order valence-electron chi connectivity index (χ3n) is 3.41. The van der Waals surface area contributed by atoms with Gasteiger partial charge >= 0.3 is 0 Å². The first-order valence-electron chi connectivity index (χ1n) is 6.10. The van der Waals surface area contributed by atoms with Crippen molar-refractivity contribution in [1.82, 2.24) is 4.37 Å². The van der Waals surface area contributed by atoms with Crippen LogP contribution in [0, 0.1) is 0 Å². The lowest BCUT2D eigenvalue weighted by Crippen LogP contribution is -2.44. The number of hydrogen-bond donors (Lipinski definition) is 1. The Labute approximate surface area is 119 Å². The van der Waals surface area contributed by atoms with Crippen molar-refractivity contribution >= 4 is 33.7 Å². The van der Waals surface area contributed by atoms with Crippen LogP contribution >= 0.6 is 11.5 Å². The number of carbonyl (C=O) groups excluding carboxylic acids is 1. The van der Waals surface area contributed by atoms with Crippen LogP contribution in [0.25, 0.3) is 10.1 Å². The number of ether oxygens (including phenoxy) is 2. The highest BCUT2D eigenvalue weighted by Crippen LogP contribution is 2.38. The van der Waals surface area contributed by atoms with Gasteiger partial charge in [-0.25, -0.2) is 0 Å². The largest absolute Gasteiger partial charge is 0.508 e. The van der Waals surface area contributed by atoms with Gasteiger partial charge < -0.3 is 19.5 Å². The fourth-order valence-corrected chi connectivity index (χ4v) is 3.13. The van der Waals surface area contributed by atoms with E-state index < -0.39 is 12.0 Å². The summed E-state index contributed by atoms with van der Waals surface area (Å²) in [7, 11) is 1.54. The zero-order valence-electron chi connectivity index (χ0n) is 11.1. The molecule has 1 aliphatic rings. The molecule has 0 aliphatic carbocycles. The van der Waals surface area contributed by atoms with Crippen molar-refractivity contribution in [2.45, 2.75) is 18.9 Å². The van der Waals surface area contributed by atoms with Gasteiger partial charge in [0, 0.05) is 12.5 Å². The van der Waals surface area contributed by atoms with Crippen LogP contribution in [0.2, 0.25) is 0 Å². The normalized spacial score (nSPS) is 26.3. The van der Waals surface area contributed by atoms with Crippen molar-refractivity contribution in [3.05, 3.63) is 18.2 Å².